The van der Waals surface area contributed by atoms with E-state index in [1.807, 2.05) is 12.2 Å². The van der Waals surface area contributed by atoms with E-state index in [0.717, 1.165) is 19.3 Å². The molecule has 0 heterocycles. The highest BCUT2D eigenvalue weighted by Gasteiger charge is 2.42. The van der Waals surface area contributed by atoms with Crippen molar-refractivity contribution in [2.45, 2.75) is 25.4 Å². The van der Waals surface area contributed by atoms with E-state index >= 15 is 0 Å². The second-order valence-corrected chi connectivity index (χ2v) is 4.19. The highest BCUT2D eigenvalue weighted by Crippen LogP contribution is 2.43. The molecule has 0 amide bonds. The van der Waals surface area contributed by atoms with E-state index in [4.69, 9.17) is 4.74 Å². The first kappa shape index (κ1) is 9.71. The molecule has 3 nitrogen and oxygen atoms in total. The van der Waals surface area contributed by atoms with Crippen LogP contribution in [0.15, 0.2) is 12.2 Å². The van der Waals surface area contributed by atoms with Crippen molar-refractivity contribution in [2.24, 2.45) is 17.8 Å². The smallest absolute Gasteiger partial charge is 0.312 e. The third-order valence-electron chi connectivity index (χ3n) is 3.53. The van der Waals surface area contributed by atoms with E-state index in [1.54, 1.807) is 0 Å². The Labute approximate surface area is 83.8 Å². The average molecular weight is 196 g/mol. The minimum atomic E-state index is -0.225. The van der Waals surface area contributed by atoms with Crippen LogP contribution in [0.2, 0.25) is 0 Å². The van der Waals surface area contributed by atoms with Gasteiger partial charge in [0.05, 0.1) is 19.1 Å². The number of carbonyl (C=O) groups excluding carboxylic acids is 1. The molecule has 0 saturated heterocycles. The van der Waals surface area contributed by atoms with Crippen LogP contribution in [-0.2, 0) is 9.53 Å². The molecule has 1 fully saturated rings. The molecule has 0 radical (unpaired) electrons. The van der Waals surface area contributed by atoms with Crippen LogP contribution in [0.4, 0.5) is 0 Å². The first-order chi connectivity index (χ1) is 6.74. The van der Waals surface area contributed by atoms with Gasteiger partial charge in [-0.05, 0) is 31.1 Å². The van der Waals surface area contributed by atoms with Crippen molar-refractivity contribution in [3.05, 3.63) is 12.2 Å². The summed E-state index contributed by atoms with van der Waals surface area (Å²) < 4.78 is 4.76. The Hall–Kier alpha value is -0.830. The topological polar surface area (TPSA) is 46.5 Å². The van der Waals surface area contributed by atoms with E-state index in [9.17, 15) is 9.90 Å². The number of carbonyl (C=O) groups is 1. The van der Waals surface area contributed by atoms with Gasteiger partial charge in [-0.3, -0.25) is 4.79 Å². The van der Waals surface area contributed by atoms with Crippen molar-refractivity contribution in [3.8, 4) is 0 Å². The molecule has 4 atom stereocenters. The number of esters is 1. The summed E-state index contributed by atoms with van der Waals surface area (Å²) in [6, 6.07) is 0. The zero-order chi connectivity index (χ0) is 10.1. The zero-order valence-corrected chi connectivity index (χ0v) is 8.35. The Kier molecular flexibility index (Phi) is 2.59. The molecule has 1 N–H and O–H groups in total. The van der Waals surface area contributed by atoms with E-state index in [2.05, 4.69) is 0 Å². The summed E-state index contributed by atoms with van der Waals surface area (Å²) in [6.45, 7) is 0. The Morgan fingerprint density at radius 2 is 2.21 bits per heavy atom. The average Bonchev–Trinajstić information content (AvgIpc) is 2.59. The SMILES string of the molecule is COC(=O)C1C=CCC2C(O)CCC12. The molecule has 0 bridgehead atoms. The second kappa shape index (κ2) is 3.73. The monoisotopic (exact) mass is 196 g/mol. The van der Waals surface area contributed by atoms with Crippen molar-refractivity contribution in [2.75, 3.05) is 7.11 Å². The third-order valence-corrected chi connectivity index (χ3v) is 3.53. The summed E-state index contributed by atoms with van der Waals surface area (Å²) in [7, 11) is 1.42. The maximum absolute atomic E-state index is 11.5. The minimum absolute atomic E-state index is 0.129. The number of fused-ring (bicyclic) bond motifs is 1. The van der Waals surface area contributed by atoms with E-state index < -0.39 is 0 Å². The molecule has 0 spiro atoms. The Morgan fingerprint density at radius 1 is 1.43 bits per heavy atom. The van der Waals surface area contributed by atoms with Crippen LogP contribution in [0, 0.1) is 17.8 Å². The lowest BCUT2D eigenvalue weighted by molar-refractivity contribution is -0.146. The van der Waals surface area contributed by atoms with Gasteiger partial charge in [0.15, 0.2) is 0 Å². The highest BCUT2D eigenvalue weighted by atomic mass is 16.5. The fraction of sp³-hybridized carbons (Fsp3) is 0.727. The zero-order valence-electron chi connectivity index (χ0n) is 8.35. The lowest BCUT2D eigenvalue weighted by Gasteiger charge is -2.28. The Morgan fingerprint density at radius 3 is 2.93 bits per heavy atom. The number of ether oxygens (including phenoxy) is 1. The molecular formula is C11H16O3. The van der Waals surface area contributed by atoms with Crippen molar-refractivity contribution in [1.29, 1.82) is 0 Å². The van der Waals surface area contributed by atoms with Crippen molar-refractivity contribution in [1.82, 2.24) is 0 Å². The summed E-state index contributed by atoms with van der Waals surface area (Å²) >= 11 is 0. The Balaban J connectivity index is 2.15. The maximum atomic E-state index is 11.5. The predicted molar refractivity (Wildman–Crippen MR) is 51.5 cm³/mol. The summed E-state index contributed by atoms with van der Waals surface area (Å²) in [5.74, 6) is 0.271. The molecule has 4 unspecified atom stereocenters. The van der Waals surface area contributed by atoms with Gasteiger partial charge < -0.3 is 9.84 Å². The highest BCUT2D eigenvalue weighted by molar-refractivity contribution is 5.75. The van der Waals surface area contributed by atoms with Crippen LogP contribution in [0.1, 0.15) is 19.3 Å². The molecule has 2 rings (SSSR count). The third kappa shape index (κ3) is 1.46. The first-order valence-corrected chi connectivity index (χ1v) is 5.16. The van der Waals surface area contributed by atoms with Gasteiger partial charge in [0.1, 0.15) is 0 Å². The standard InChI is InChI=1S/C11H16O3/c1-14-11(13)9-4-2-3-8-7(9)5-6-10(8)12/h2,4,7-10,12H,3,5-6H2,1H3. The molecule has 1 saturated carbocycles. The largest absolute Gasteiger partial charge is 0.469 e. The van der Waals surface area contributed by atoms with Gasteiger partial charge in [0, 0.05) is 0 Å². The van der Waals surface area contributed by atoms with Gasteiger partial charge in [0.2, 0.25) is 0 Å². The molecule has 0 aromatic rings. The molecular weight excluding hydrogens is 180 g/mol. The number of methoxy groups -OCH3 is 1. The number of allylic oxidation sites excluding steroid dienone is 1. The first-order valence-electron chi connectivity index (χ1n) is 5.16. The van der Waals surface area contributed by atoms with Gasteiger partial charge in [0.25, 0.3) is 0 Å². The number of aliphatic hydroxyl groups excluding tert-OH is 1. The van der Waals surface area contributed by atoms with Crippen LogP contribution in [0.5, 0.6) is 0 Å². The van der Waals surface area contributed by atoms with Crippen LogP contribution < -0.4 is 0 Å². The van der Waals surface area contributed by atoms with Crippen LogP contribution in [-0.4, -0.2) is 24.3 Å². The lowest BCUT2D eigenvalue weighted by atomic mass is 9.77. The fourth-order valence-electron chi connectivity index (χ4n) is 2.77. The molecule has 3 heteroatoms. The number of hydrogen-bond acceptors (Lipinski definition) is 3. The summed E-state index contributed by atoms with van der Waals surface area (Å²) in [5, 5.41) is 9.71. The number of hydrogen-bond donors (Lipinski definition) is 1. The van der Waals surface area contributed by atoms with E-state index in [0.29, 0.717) is 5.92 Å². The molecule has 14 heavy (non-hydrogen) atoms. The molecule has 0 aromatic carbocycles. The van der Waals surface area contributed by atoms with Crippen LogP contribution in [0.25, 0.3) is 0 Å². The molecule has 0 aromatic heterocycles. The molecule has 2 aliphatic rings. The summed E-state index contributed by atoms with van der Waals surface area (Å²) in [5.41, 5.74) is 0. The van der Waals surface area contributed by atoms with Crippen molar-refractivity contribution >= 4 is 5.97 Å². The molecule has 78 valence electrons. The molecule has 0 aliphatic heterocycles. The predicted octanol–water partition coefficient (Wildman–Crippen LogP) is 1.12. The van der Waals surface area contributed by atoms with Crippen molar-refractivity contribution in [3.63, 3.8) is 0 Å². The fourth-order valence-corrected chi connectivity index (χ4v) is 2.77. The van der Waals surface area contributed by atoms with Crippen LogP contribution in [0.3, 0.4) is 0 Å². The maximum Gasteiger partial charge on any atom is 0.312 e. The van der Waals surface area contributed by atoms with Gasteiger partial charge in [-0.2, -0.15) is 0 Å². The van der Waals surface area contributed by atoms with Gasteiger partial charge in [-0.25, -0.2) is 0 Å². The molecule has 2 aliphatic carbocycles. The van der Waals surface area contributed by atoms with Crippen molar-refractivity contribution < 1.29 is 14.6 Å². The summed E-state index contributed by atoms with van der Waals surface area (Å²) in [6.07, 6.45) is 6.37. The Bertz CT molecular complexity index is 259. The summed E-state index contributed by atoms with van der Waals surface area (Å²) in [4.78, 5) is 11.5. The lowest BCUT2D eigenvalue weighted by Crippen LogP contribution is -2.31. The minimum Gasteiger partial charge on any atom is -0.469 e. The quantitative estimate of drug-likeness (QED) is 0.505. The normalized spacial score (nSPS) is 40.7. The van der Waals surface area contributed by atoms with Gasteiger partial charge in [-0.1, -0.05) is 12.2 Å². The van der Waals surface area contributed by atoms with Gasteiger partial charge in [-0.15, -0.1) is 0 Å². The second-order valence-electron chi connectivity index (χ2n) is 4.19. The van der Waals surface area contributed by atoms with Crippen LogP contribution >= 0.6 is 0 Å². The number of rotatable bonds is 1. The van der Waals surface area contributed by atoms with E-state index in [1.165, 1.54) is 7.11 Å². The number of aliphatic hydroxyl groups is 1. The van der Waals surface area contributed by atoms with Gasteiger partial charge >= 0.3 is 5.97 Å². The van der Waals surface area contributed by atoms with E-state index in [-0.39, 0.29) is 23.9 Å².